The van der Waals surface area contributed by atoms with E-state index >= 15 is 0 Å². The van der Waals surface area contributed by atoms with Crippen molar-refractivity contribution in [2.24, 2.45) is 4.99 Å². The molecule has 0 radical (unpaired) electrons. The van der Waals surface area contributed by atoms with E-state index in [1.54, 1.807) is 19.2 Å². The van der Waals surface area contributed by atoms with Gasteiger partial charge >= 0.3 is 0 Å². The minimum Gasteiger partial charge on any atom is -0.444 e. The SMILES string of the molecule is CN=C(NCCS(=O)(=O)c1ccc(C(C)(C)C)cc1)NCc1nc(C)c(C)o1.I. The summed E-state index contributed by atoms with van der Waals surface area (Å²) in [5.41, 5.74) is 1.94. The first kappa shape index (κ1) is 25.4. The second-order valence-electron chi connectivity index (χ2n) is 7.69. The Labute approximate surface area is 190 Å². The zero-order valence-electron chi connectivity index (χ0n) is 17.9. The summed E-state index contributed by atoms with van der Waals surface area (Å²) < 4.78 is 30.6. The number of sulfone groups is 1. The number of halogens is 1. The molecule has 1 aromatic carbocycles. The lowest BCUT2D eigenvalue weighted by Crippen LogP contribution is -2.39. The maximum atomic E-state index is 12.6. The summed E-state index contributed by atoms with van der Waals surface area (Å²) in [5.74, 6) is 1.80. The molecule has 0 saturated carbocycles. The van der Waals surface area contributed by atoms with Crippen molar-refractivity contribution in [3.05, 3.63) is 47.2 Å². The van der Waals surface area contributed by atoms with E-state index in [1.165, 1.54) is 0 Å². The van der Waals surface area contributed by atoms with Crippen LogP contribution in [0, 0.1) is 13.8 Å². The van der Waals surface area contributed by atoms with Gasteiger partial charge in [-0.1, -0.05) is 32.9 Å². The molecule has 2 aromatic rings. The Morgan fingerprint density at radius 2 is 1.76 bits per heavy atom. The van der Waals surface area contributed by atoms with Gasteiger partial charge in [-0.3, -0.25) is 4.99 Å². The van der Waals surface area contributed by atoms with Gasteiger partial charge in [-0.15, -0.1) is 24.0 Å². The number of hydrogen-bond donors (Lipinski definition) is 2. The van der Waals surface area contributed by atoms with Crippen LogP contribution in [-0.4, -0.2) is 38.7 Å². The molecule has 0 aliphatic rings. The number of guanidine groups is 1. The number of aliphatic imine (C=N–C) groups is 1. The van der Waals surface area contributed by atoms with Gasteiger partial charge in [-0.2, -0.15) is 0 Å². The van der Waals surface area contributed by atoms with E-state index in [0.29, 0.717) is 23.3 Å². The van der Waals surface area contributed by atoms with Crippen molar-refractivity contribution in [2.45, 2.75) is 51.5 Å². The minimum atomic E-state index is -3.37. The number of nitrogens with zero attached hydrogens (tertiary/aromatic N) is 2. The maximum Gasteiger partial charge on any atom is 0.214 e. The summed E-state index contributed by atoms with van der Waals surface area (Å²) >= 11 is 0. The van der Waals surface area contributed by atoms with Crippen molar-refractivity contribution in [2.75, 3.05) is 19.3 Å². The van der Waals surface area contributed by atoms with Gasteiger partial charge in [0.15, 0.2) is 15.8 Å². The smallest absolute Gasteiger partial charge is 0.214 e. The van der Waals surface area contributed by atoms with Crippen LogP contribution in [0.25, 0.3) is 0 Å². The van der Waals surface area contributed by atoms with Crippen LogP contribution in [0.2, 0.25) is 0 Å². The highest BCUT2D eigenvalue weighted by atomic mass is 127. The molecule has 0 saturated heterocycles. The number of rotatable bonds is 6. The van der Waals surface area contributed by atoms with Gasteiger partial charge in [0.1, 0.15) is 5.76 Å². The Hall–Kier alpha value is -1.62. The van der Waals surface area contributed by atoms with E-state index in [-0.39, 0.29) is 41.7 Å². The van der Waals surface area contributed by atoms with E-state index in [4.69, 9.17) is 4.42 Å². The zero-order chi connectivity index (χ0) is 20.9. The lowest BCUT2D eigenvalue weighted by atomic mass is 9.87. The van der Waals surface area contributed by atoms with E-state index in [1.807, 2.05) is 26.0 Å². The van der Waals surface area contributed by atoms with Crippen LogP contribution < -0.4 is 10.6 Å². The molecule has 0 unspecified atom stereocenters. The molecule has 7 nitrogen and oxygen atoms in total. The summed E-state index contributed by atoms with van der Waals surface area (Å²) in [5, 5.41) is 6.08. The number of oxazole rings is 1. The predicted molar refractivity (Wildman–Crippen MR) is 127 cm³/mol. The topological polar surface area (TPSA) is 96.6 Å². The number of hydrogen-bond acceptors (Lipinski definition) is 5. The molecular formula is C20H31IN4O3S. The number of benzene rings is 1. The molecule has 0 aliphatic carbocycles. The molecule has 0 amide bonds. The van der Waals surface area contributed by atoms with Crippen LogP contribution in [0.3, 0.4) is 0 Å². The fourth-order valence-electron chi connectivity index (χ4n) is 2.58. The molecule has 162 valence electrons. The fourth-order valence-corrected chi connectivity index (χ4v) is 3.74. The van der Waals surface area contributed by atoms with Crippen molar-refractivity contribution in [3.63, 3.8) is 0 Å². The first-order valence-electron chi connectivity index (χ1n) is 9.23. The Kier molecular flexibility index (Phi) is 9.13. The third-order valence-corrected chi connectivity index (χ3v) is 6.18. The standard InChI is InChI=1S/C20H30N4O3S.HI/c1-14-15(2)27-18(24-14)13-23-19(21-6)22-11-12-28(25,26)17-9-7-16(8-10-17)20(3,4)5;/h7-10H,11-13H2,1-6H3,(H2,21,22,23);1H. The Morgan fingerprint density at radius 1 is 1.14 bits per heavy atom. The molecule has 0 atom stereocenters. The fraction of sp³-hybridized carbons (Fsp3) is 0.500. The van der Waals surface area contributed by atoms with Crippen LogP contribution in [0.4, 0.5) is 0 Å². The molecule has 0 bridgehead atoms. The third-order valence-electron chi connectivity index (χ3n) is 4.45. The van der Waals surface area contributed by atoms with Crippen molar-refractivity contribution < 1.29 is 12.8 Å². The maximum absolute atomic E-state index is 12.6. The number of aromatic nitrogens is 1. The molecule has 0 fully saturated rings. The van der Waals surface area contributed by atoms with Crippen LogP contribution in [-0.2, 0) is 21.8 Å². The number of aryl methyl sites for hydroxylation is 2. The first-order valence-corrected chi connectivity index (χ1v) is 10.9. The Morgan fingerprint density at radius 3 is 2.24 bits per heavy atom. The Bertz CT molecular complexity index is 910. The quantitative estimate of drug-likeness (QED) is 0.335. The predicted octanol–water partition coefficient (Wildman–Crippen LogP) is 3.35. The van der Waals surface area contributed by atoms with Gasteiger partial charge in [0.2, 0.25) is 5.89 Å². The summed E-state index contributed by atoms with van der Waals surface area (Å²) in [4.78, 5) is 8.72. The molecule has 1 aromatic heterocycles. The van der Waals surface area contributed by atoms with E-state index in [2.05, 4.69) is 41.4 Å². The second kappa shape index (κ2) is 10.4. The molecular weight excluding hydrogens is 503 g/mol. The van der Waals surface area contributed by atoms with E-state index < -0.39 is 9.84 Å². The zero-order valence-corrected chi connectivity index (χ0v) is 21.0. The van der Waals surface area contributed by atoms with Gasteiger partial charge in [0.25, 0.3) is 0 Å². The second-order valence-corrected chi connectivity index (χ2v) is 9.80. The summed E-state index contributed by atoms with van der Waals surface area (Å²) in [7, 11) is -1.75. The lowest BCUT2D eigenvalue weighted by Gasteiger charge is -2.19. The van der Waals surface area contributed by atoms with Crippen LogP contribution in [0.15, 0.2) is 38.6 Å². The average Bonchev–Trinajstić information content (AvgIpc) is 2.95. The molecule has 9 heteroatoms. The summed E-state index contributed by atoms with van der Waals surface area (Å²) in [6.07, 6.45) is 0. The summed E-state index contributed by atoms with van der Waals surface area (Å²) in [6.45, 7) is 10.6. The highest BCUT2D eigenvalue weighted by Crippen LogP contribution is 2.23. The largest absolute Gasteiger partial charge is 0.444 e. The van der Waals surface area contributed by atoms with Gasteiger partial charge < -0.3 is 15.1 Å². The molecule has 0 aliphatic heterocycles. The third kappa shape index (κ3) is 7.29. The van der Waals surface area contributed by atoms with Gasteiger partial charge in [0, 0.05) is 13.6 Å². The Balaban J connectivity index is 0.00000420. The van der Waals surface area contributed by atoms with E-state index in [0.717, 1.165) is 17.0 Å². The molecule has 1 heterocycles. The van der Waals surface area contributed by atoms with Crippen molar-refractivity contribution in [1.82, 2.24) is 15.6 Å². The van der Waals surface area contributed by atoms with Crippen LogP contribution in [0.5, 0.6) is 0 Å². The van der Waals surface area contributed by atoms with Gasteiger partial charge in [-0.05, 0) is 37.0 Å². The van der Waals surface area contributed by atoms with Gasteiger partial charge in [0.05, 0.1) is 22.9 Å². The molecule has 29 heavy (non-hydrogen) atoms. The lowest BCUT2D eigenvalue weighted by molar-refractivity contribution is 0.464. The highest BCUT2D eigenvalue weighted by molar-refractivity contribution is 14.0. The minimum absolute atomic E-state index is 0. The monoisotopic (exact) mass is 534 g/mol. The molecule has 0 spiro atoms. The van der Waals surface area contributed by atoms with E-state index in [9.17, 15) is 8.42 Å². The van der Waals surface area contributed by atoms with Crippen molar-refractivity contribution >= 4 is 39.8 Å². The van der Waals surface area contributed by atoms with Crippen LogP contribution >= 0.6 is 24.0 Å². The summed E-state index contributed by atoms with van der Waals surface area (Å²) in [6, 6.07) is 7.11. The van der Waals surface area contributed by atoms with Crippen molar-refractivity contribution in [3.8, 4) is 0 Å². The average molecular weight is 534 g/mol. The van der Waals surface area contributed by atoms with Gasteiger partial charge in [-0.25, -0.2) is 13.4 Å². The normalized spacial score (nSPS) is 12.4. The van der Waals surface area contributed by atoms with Crippen molar-refractivity contribution in [1.29, 1.82) is 0 Å². The first-order chi connectivity index (χ1) is 13.0. The van der Waals surface area contributed by atoms with Crippen LogP contribution in [0.1, 0.15) is 43.7 Å². The molecule has 2 rings (SSSR count). The highest BCUT2D eigenvalue weighted by Gasteiger charge is 2.18. The number of nitrogens with one attached hydrogen (secondary N) is 2. The molecule has 2 N–H and O–H groups in total.